The molecule has 2 aliphatic rings. The maximum absolute atomic E-state index is 12.7. The summed E-state index contributed by atoms with van der Waals surface area (Å²) >= 11 is 6.00. The van der Waals surface area contributed by atoms with E-state index < -0.39 is 0 Å². The molecule has 26 heavy (non-hydrogen) atoms. The lowest BCUT2D eigenvalue weighted by atomic mass is 9.86. The largest absolute Gasteiger partial charge is 0.341 e. The zero-order chi connectivity index (χ0) is 18.4. The van der Waals surface area contributed by atoms with E-state index in [9.17, 15) is 9.59 Å². The molecule has 4 nitrogen and oxygen atoms in total. The lowest BCUT2D eigenvalue weighted by Crippen LogP contribution is -2.37. The number of carbonyl (C=O) groups excluding carboxylic acids is 2. The molecule has 1 aliphatic carbocycles. The molecule has 1 heterocycles. The summed E-state index contributed by atoms with van der Waals surface area (Å²) in [5, 5.41) is 0.574. The number of hydrogen-bond acceptors (Lipinski definition) is 2. The first-order valence-electron chi connectivity index (χ1n) is 9.96. The molecule has 0 atom stereocenters. The molecule has 0 N–H and O–H groups in total. The predicted octanol–water partition coefficient (Wildman–Crippen LogP) is 4.38. The van der Waals surface area contributed by atoms with Crippen LogP contribution in [-0.2, 0) is 4.79 Å². The summed E-state index contributed by atoms with van der Waals surface area (Å²) in [6.45, 7) is 2.68. The van der Waals surface area contributed by atoms with Crippen LogP contribution in [0.5, 0.6) is 0 Å². The molecular weight excluding hydrogens is 348 g/mol. The number of halogens is 1. The quantitative estimate of drug-likeness (QED) is 0.782. The standard InChI is InChI=1S/C21H29ClN2O2/c22-19-9-4-8-18(16-19)21(26)24-13-5-12-23(14-15-24)20(25)11-10-17-6-2-1-3-7-17/h4,8-9,16-17H,1-3,5-7,10-15H2. The Balaban J connectivity index is 1.49. The summed E-state index contributed by atoms with van der Waals surface area (Å²) in [5.74, 6) is 0.997. The van der Waals surface area contributed by atoms with Crippen LogP contribution in [0.15, 0.2) is 24.3 Å². The third-order valence-corrected chi connectivity index (χ3v) is 5.93. The van der Waals surface area contributed by atoms with Crippen molar-refractivity contribution in [1.29, 1.82) is 0 Å². The minimum atomic E-state index is 0.00371. The molecule has 1 aromatic carbocycles. The average Bonchev–Trinajstić information content (AvgIpc) is 2.92. The van der Waals surface area contributed by atoms with Gasteiger partial charge in [0.05, 0.1) is 0 Å². The van der Waals surface area contributed by atoms with Gasteiger partial charge in [0, 0.05) is 43.2 Å². The Morgan fingerprint density at radius 2 is 1.69 bits per heavy atom. The van der Waals surface area contributed by atoms with Crippen molar-refractivity contribution in [2.24, 2.45) is 5.92 Å². The molecule has 3 rings (SSSR count). The zero-order valence-corrected chi connectivity index (χ0v) is 16.2. The monoisotopic (exact) mass is 376 g/mol. The first kappa shape index (κ1) is 19.2. The maximum Gasteiger partial charge on any atom is 0.253 e. The molecule has 0 spiro atoms. The number of nitrogens with zero attached hydrogens (tertiary/aromatic N) is 2. The van der Waals surface area contributed by atoms with Crippen LogP contribution >= 0.6 is 11.6 Å². The predicted molar refractivity (Wildman–Crippen MR) is 104 cm³/mol. The second-order valence-corrected chi connectivity index (χ2v) is 8.02. The van der Waals surface area contributed by atoms with E-state index in [-0.39, 0.29) is 11.8 Å². The van der Waals surface area contributed by atoms with E-state index in [0.717, 1.165) is 25.3 Å². The zero-order valence-electron chi connectivity index (χ0n) is 15.5. The summed E-state index contributed by atoms with van der Waals surface area (Å²) in [5.41, 5.74) is 0.620. The van der Waals surface area contributed by atoms with E-state index in [0.29, 0.717) is 36.6 Å². The van der Waals surface area contributed by atoms with Crippen molar-refractivity contribution in [3.05, 3.63) is 34.9 Å². The van der Waals surface area contributed by atoms with E-state index in [4.69, 9.17) is 11.6 Å². The van der Waals surface area contributed by atoms with Crippen LogP contribution in [0.25, 0.3) is 0 Å². The second kappa shape index (κ2) is 9.40. The minimum absolute atomic E-state index is 0.00371. The van der Waals surface area contributed by atoms with Crippen molar-refractivity contribution < 1.29 is 9.59 Å². The van der Waals surface area contributed by atoms with Gasteiger partial charge in [0.25, 0.3) is 5.91 Å². The highest BCUT2D eigenvalue weighted by Gasteiger charge is 2.23. The van der Waals surface area contributed by atoms with Gasteiger partial charge in [0.2, 0.25) is 5.91 Å². The number of carbonyl (C=O) groups is 2. The van der Waals surface area contributed by atoms with Gasteiger partial charge in [-0.3, -0.25) is 9.59 Å². The maximum atomic E-state index is 12.7. The van der Waals surface area contributed by atoms with Gasteiger partial charge in [0.15, 0.2) is 0 Å². The Morgan fingerprint density at radius 1 is 0.962 bits per heavy atom. The average molecular weight is 377 g/mol. The fourth-order valence-corrected chi connectivity index (χ4v) is 4.33. The van der Waals surface area contributed by atoms with Crippen LogP contribution in [0.1, 0.15) is 61.7 Å². The van der Waals surface area contributed by atoms with Crippen LogP contribution in [0.2, 0.25) is 5.02 Å². The first-order valence-corrected chi connectivity index (χ1v) is 10.3. The lowest BCUT2D eigenvalue weighted by molar-refractivity contribution is -0.131. The molecule has 1 aromatic rings. The second-order valence-electron chi connectivity index (χ2n) is 7.58. The molecular formula is C21H29ClN2O2. The summed E-state index contributed by atoms with van der Waals surface area (Å²) in [4.78, 5) is 29.1. The van der Waals surface area contributed by atoms with Gasteiger partial charge in [0.1, 0.15) is 0 Å². The molecule has 2 amide bonds. The van der Waals surface area contributed by atoms with Gasteiger partial charge in [-0.2, -0.15) is 0 Å². The molecule has 0 bridgehead atoms. The molecule has 1 saturated heterocycles. The van der Waals surface area contributed by atoms with Gasteiger partial charge in [-0.1, -0.05) is 49.8 Å². The molecule has 0 unspecified atom stereocenters. The van der Waals surface area contributed by atoms with Crippen molar-refractivity contribution in [2.45, 2.75) is 51.4 Å². The van der Waals surface area contributed by atoms with Gasteiger partial charge in [-0.25, -0.2) is 0 Å². The number of hydrogen-bond donors (Lipinski definition) is 0. The fourth-order valence-electron chi connectivity index (χ4n) is 4.14. The SMILES string of the molecule is O=C(CCC1CCCCC1)N1CCCN(C(=O)c2cccc(Cl)c2)CC1. The lowest BCUT2D eigenvalue weighted by Gasteiger charge is -2.24. The van der Waals surface area contributed by atoms with E-state index >= 15 is 0 Å². The molecule has 2 fully saturated rings. The molecule has 0 radical (unpaired) electrons. The third-order valence-electron chi connectivity index (χ3n) is 5.70. The van der Waals surface area contributed by atoms with E-state index in [1.54, 1.807) is 24.3 Å². The summed E-state index contributed by atoms with van der Waals surface area (Å²) < 4.78 is 0. The van der Waals surface area contributed by atoms with Crippen molar-refractivity contribution in [1.82, 2.24) is 9.80 Å². The minimum Gasteiger partial charge on any atom is -0.341 e. The molecule has 142 valence electrons. The Bertz CT molecular complexity index is 628. The smallest absolute Gasteiger partial charge is 0.253 e. The van der Waals surface area contributed by atoms with Crippen molar-refractivity contribution in [3.8, 4) is 0 Å². The van der Waals surface area contributed by atoms with Crippen LogP contribution < -0.4 is 0 Å². The van der Waals surface area contributed by atoms with E-state index in [2.05, 4.69) is 0 Å². The van der Waals surface area contributed by atoms with E-state index in [1.807, 2.05) is 9.80 Å². The van der Waals surface area contributed by atoms with Crippen molar-refractivity contribution in [3.63, 3.8) is 0 Å². The van der Waals surface area contributed by atoms with E-state index in [1.165, 1.54) is 32.1 Å². The van der Waals surface area contributed by atoms with Gasteiger partial charge >= 0.3 is 0 Å². The van der Waals surface area contributed by atoms with Crippen LogP contribution in [0, 0.1) is 5.92 Å². The Labute approximate surface area is 161 Å². The summed E-state index contributed by atoms with van der Waals surface area (Å²) in [6, 6.07) is 7.08. The Hall–Kier alpha value is -1.55. The van der Waals surface area contributed by atoms with Crippen molar-refractivity contribution >= 4 is 23.4 Å². The highest BCUT2D eigenvalue weighted by atomic mass is 35.5. The number of benzene rings is 1. The Kier molecular flexibility index (Phi) is 6.95. The topological polar surface area (TPSA) is 40.6 Å². The molecule has 1 saturated carbocycles. The third kappa shape index (κ3) is 5.23. The van der Waals surface area contributed by atoms with Crippen LogP contribution in [0.3, 0.4) is 0 Å². The highest BCUT2D eigenvalue weighted by molar-refractivity contribution is 6.30. The van der Waals surface area contributed by atoms with Crippen LogP contribution in [-0.4, -0.2) is 47.8 Å². The van der Waals surface area contributed by atoms with Crippen LogP contribution in [0.4, 0.5) is 0 Å². The summed E-state index contributed by atoms with van der Waals surface area (Å²) in [7, 11) is 0. The Morgan fingerprint density at radius 3 is 2.46 bits per heavy atom. The number of amides is 2. The first-order chi connectivity index (χ1) is 12.6. The van der Waals surface area contributed by atoms with Gasteiger partial charge in [-0.05, 0) is 37.0 Å². The molecule has 5 heteroatoms. The highest BCUT2D eigenvalue weighted by Crippen LogP contribution is 2.27. The normalized spacial score (nSPS) is 19.3. The van der Waals surface area contributed by atoms with Crippen molar-refractivity contribution in [2.75, 3.05) is 26.2 Å². The molecule has 0 aromatic heterocycles. The van der Waals surface area contributed by atoms with Gasteiger partial charge in [-0.15, -0.1) is 0 Å². The summed E-state index contributed by atoms with van der Waals surface area (Å²) in [6.07, 6.45) is 9.10. The number of rotatable bonds is 4. The fraction of sp³-hybridized carbons (Fsp3) is 0.619. The molecule has 1 aliphatic heterocycles. The van der Waals surface area contributed by atoms with Gasteiger partial charge < -0.3 is 9.80 Å².